The van der Waals surface area contributed by atoms with E-state index in [-0.39, 0.29) is 0 Å². The van der Waals surface area contributed by atoms with Crippen molar-refractivity contribution in [1.82, 2.24) is 15.2 Å². The quantitative estimate of drug-likeness (QED) is 0.746. The first-order valence-corrected chi connectivity index (χ1v) is 8.97. The highest BCUT2D eigenvalue weighted by Gasteiger charge is 2.18. The predicted molar refractivity (Wildman–Crippen MR) is 107 cm³/mol. The van der Waals surface area contributed by atoms with E-state index in [0.717, 1.165) is 24.2 Å². The van der Waals surface area contributed by atoms with Gasteiger partial charge in [0.25, 0.3) is 0 Å². The molecule has 142 valence electrons. The van der Waals surface area contributed by atoms with Gasteiger partial charge in [-0.1, -0.05) is 23.7 Å². The molecule has 2 N–H and O–H groups in total. The maximum Gasteiger partial charge on any atom is 0.412 e. The van der Waals surface area contributed by atoms with Crippen LogP contribution in [-0.2, 0) is 11.3 Å². The van der Waals surface area contributed by atoms with Gasteiger partial charge in [0.15, 0.2) is 0 Å². The fraction of sp³-hybridized carbons (Fsp3) is 0.474. The summed E-state index contributed by atoms with van der Waals surface area (Å²) in [5, 5.41) is 7.42. The molecule has 0 saturated carbocycles. The van der Waals surface area contributed by atoms with Crippen molar-refractivity contribution in [2.24, 2.45) is 0 Å². The lowest BCUT2D eigenvalue weighted by molar-refractivity contribution is 0.0636. The van der Waals surface area contributed by atoms with Crippen LogP contribution in [0.15, 0.2) is 24.3 Å². The summed E-state index contributed by atoms with van der Waals surface area (Å²) in [6.07, 6.45) is -0.553. The molecule has 0 radical (unpaired) electrons. The van der Waals surface area contributed by atoms with Crippen molar-refractivity contribution in [2.45, 2.75) is 32.9 Å². The van der Waals surface area contributed by atoms with Crippen LogP contribution in [0.1, 0.15) is 26.5 Å². The summed E-state index contributed by atoms with van der Waals surface area (Å²) in [6.45, 7) is 7.89. The molecule has 26 heavy (non-hydrogen) atoms. The SMILES string of the molecule is CN(C)CCNCc1ccc2ccc(Cl)c(NC(=O)OC(C)(C)C)c2n1. The summed E-state index contributed by atoms with van der Waals surface area (Å²) in [5.74, 6) is 0. The van der Waals surface area contributed by atoms with Crippen LogP contribution in [0.5, 0.6) is 0 Å². The molecule has 2 aromatic rings. The second-order valence-electron chi connectivity index (χ2n) is 7.40. The third-order valence-corrected chi connectivity index (χ3v) is 3.85. The number of nitrogens with one attached hydrogen (secondary N) is 2. The largest absolute Gasteiger partial charge is 0.444 e. The Morgan fingerprint density at radius 1 is 1.23 bits per heavy atom. The molecule has 1 aromatic heterocycles. The number of carbonyl (C=O) groups excluding carboxylic acids is 1. The number of fused-ring (bicyclic) bond motifs is 1. The van der Waals surface area contributed by atoms with Gasteiger partial charge in [-0.3, -0.25) is 5.32 Å². The van der Waals surface area contributed by atoms with Crippen LogP contribution >= 0.6 is 11.6 Å². The van der Waals surface area contributed by atoms with Crippen LogP contribution in [0, 0.1) is 0 Å². The Balaban J connectivity index is 2.21. The number of hydrogen-bond acceptors (Lipinski definition) is 5. The normalized spacial score (nSPS) is 11.8. The average Bonchev–Trinajstić information content (AvgIpc) is 2.52. The van der Waals surface area contributed by atoms with Crippen molar-refractivity contribution in [3.05, 3.63) is 35.0 Å². The van der Waals surface area contributed by atoms with Gasteiger partial charge in [0, 0.05) is 25.0 Å². The molecule has 0 fully saturated rings. The topological polar surface area (TPSA) is 66.5 Å². The number of rotatable bonds is 6. The lowest BCUT2D eigenvalue weighted by Crippen LogP contribution is -2.27. The number of aromatic nitrogens is 1. The molecule has 0 spiro atoms. The lowest BCUT2D eigenvalue weighted by Gasteiger charge is -2.20. The van der Waals surface area contributed by atoms with Gasteiger partial charge in [-0.2, -0.15) is 0 Å². The molecule has 6 nitrogen and oxygen atoms in total. The van der Waals surface area contributed by atoms with Crippen LogP contribution in [0.4, 0.5) is 10.5 Å². The Morgan fingerprint density at radius 2 is 1.92 bits per heavy atom. The van der Waals surface area contributed by atoms with Gasteiger partial charge in [0.2, 0.25) is 0 Å². The first-order valence-electron chi connectivity index (χ1n) is 8.59. The molecule has 1 heterocycles. The number of ether oxygens (including phenoxy) is 1. The zero-order valence-corrected chi connectivity index (χ0v) is 16.8. The summed E-state index contributed by atoms with van der Waals surface area (Å²) >= 11 is 6.30. The number of benzene rings is 1. The molecule has 1 aromatic carbocycles. The van der Waals surface area contributed by atoms with E-state index in [4.69, 9.17) is 16.3 Å². The maximum absolute atomic E-state index is 12.1. The van der Waals surface area contributed by atoms with E-state index in [1.165, 1.54) is 0 Å². The Hall–Kier alpha value is -1.89. The highest BCUT2D eigenvalue weighted by atomic mass is 35.5. The third-order valence-electron chi connectivity index (χ3n) is 3.54. The number of anilines is 1. The molecule has 0 aliphatic carbocycles. The zero-order valence-electron chi connectivity index (χ0n) is 16.0. The number of nitrogens with zero attached hydrogens (tertiary/aromatic N) is 2. The Kier molecular flexibility index (Phi) is 6.81. The van der Waals surface area contributed by atoms with Crippen molar-refractivity contribution in [2.75, 3.05) is 32.5 Å². The number of halogens is 1. The van der Waals surface area contributed by atoms with Gasteiger partial charge < -0.3 is 15.0 Å². The number of pyridine rings is 1. The van der Waals surface area contributed by atoms with Gasteiger partial charge in [0.05, 0.1) is 21.9 Å². The summed E-state index contributed by atoms with van der Waals surface area (Å²) in [5.41, 5.74) is 1.41. The summed E-state index contributed by atoms with van der Waals surface area (Å²) in [7, 11) is 4.07. The molecule has 0 aliphatic heterocycles. The molecule has 0 saturated heterocycles. The number of hydrogen-bond donors (Lipinski definition) is 2. The second kappa shape index (κ2) is 8.66. The Bertz CT molecular complexity index is 772. The van der Waals surface area contributed by atoms with Gasteiger partial charge >= 0.3 is 6.09 Å². The average molecular weight is 379 g/mol. The second-order valence-corrected chi connectivity index (χ2v) is 7.81. The zero-order chi connectivity index (χ0) is 19.3. The van der Waals surface area contributed by atoms with Gasteiger partial charge in [0.1, 0.15) is 5.60 Å². The molecule has 0 aliphatic rings. The van der Waals surface area contributed by atoms with Crippen molar-refractivity contribution in [1.29, 1.82) is 0 Å². The maximum atomic E-state index is 12.1. The first-order chi connectivity index (χ1) is 12.2. The lowest BCUT2D eigenvalue weighted by atomic mass is 10.1. The van der Waals surface area contributed by atoms with E-state index >= 15 is 0 Å². The molecule has 2 rings (SSSR count). The molecule has 0 bridgehead atoms. The molecule has 0 atom stereocenters. The molecular formula is C19H27ClN4O2. The van der Waals surface area contributed by atoms with Gasteiger partial charge in [-0.05, 0) is 47.0 Å². The molecule has 7 heteroatoms. The van der Waals surface area contributed by atoms with E-state index < -0.39 is 11.7 Å². The van der Waals surface area contributed by atoms with Crippen LogP contribution in [0.3, 0.4) is 0 Å². The monoisotopic (exact) mass is 378 g/mol. The van der Waals surface area contributed by atoms with E-state index in [2.05, 4.69) is 20.5 Å². The molecule has 1 amide bonds. The van der Waals surface area contributed by atoms with Gasteiger partial charge in [-0.25, -0.2) is 9.78 Å². The third kappa shape index (κ3) is 6.12. The Morgan fingerprint density at radius 3 is 2.58 bits per heavy atom. The smallest absolute Gasteiger partial charge is 0.412 e. The first kappa shape index (κ1) is 20.4. The highest BCUT2D eigenvalue weighted by molar-refractivity contribution is 6.35. The van der Waals surface area contributed by atoms with E-state index in [1.807, 2.05) is 53.1 Å². The van der Waals surface area contributed by atoms with Crippen molar-refractivity contribution < 1.29 is 9.53 Å². The summed E-state index contributed by atoms with van der Waals surface area (Å²) < 4.78 is 5.32. The fourth-order valence-corrected chi connectivity index (χ4v) is 2.55. The van der Waals surface area contributed by atoms with E-state index in [0.29, 0.717) is 22.8 Å². The minimum absolute atomic E-state index is 0.425. The van der Waals surface area contributed by atoms with Crippen LogP contribution in [0.25, 0.3) is 10.9 Å². The minimum atomic E-state index is -0.587. The summed E-state index contributed by atoms with van der Waals surface area (Å²) in [4.78, 5) is 18.9. The van der Waals surface area contributed by atoms with Crippen LogP contribution in [-0.4, -0.2) is 48.8 Å². The van der Waals surface area contributed by atoms with Crippen molar-refractivity contribution in [3.63, 3.8) is 0 Å². The van der Waals surface area contributed by atoms with Crippen LogP contribution in [0.2, 0.25) is 5.02 Å². The molecule has 0 unspecified atom stereocenters. The molecular weight excluding hydrogens is 352 g/mol. The Labute approximate surface area is 159 Å². The van der Waals surface area contributed by atoms with E-state index in [1.54, 1.807) is 6.07 Å². The minimum Gasteiger partial charge on any atom is -0.444 e. The fourth-order valence-electron chi connectivity index (χ4n) is 2.35. The van der Waals surface area contributed by atoms with Gasteiger partial charge in [-0.15, -0.1) is 0 Å². The predicted octanol–water partition coefficient (Wildman–Crippen LogP) is 3.89. The summed E-state index contributed by atoms with van der Waals surface area (Å²) in [6, 6.07) is 7.57. The van der Waals surface area contributed by atoms with Crippen LogP contribution < -0.4 is 10.6 Å². The number of amides is 1. The number of likely N-dealkylation sites (N-methyl/N-ethyl adjacent to an activating group) is 1. The van der Waals surface area contributed by atoms with Crippen molar-refractivity contribution in [3.8, 4) is 0 Å². The standard InChI is InChI=1S/C19H27ClN4O2/c1-19(2,3)26-18(25)23-17-15(20)9-7-13-6-8-14(22-16(13)17)12-21-10-11-24(4)5/h6-9,21H,10-12H2,1-5H3,(H,23,25). The highest BCUT2D eigenvalue weighted by Crippen LogP contribution is 2.30. The number of carbonyl (C=O) groups is 1. The van der Waals surface area contributed by atoms with Crippen molar-refractivity contribution >= 4 is 34.3 Å². The van der Waals surface area contributed by atoms with E-state index in [9.17, 15) is 4.79 Å².